The summed E-state index contributed by atoms with van der Waals surface area (Å²) in [5.74, 6) is 2.48. The van der Waals surface area contributed by atoms with Crippen molar-refractivity contribution < 1.29 is 9.21 Å². The first-order chi connectivity index (χ1) is 12.1. The zero-order valence-corrected chi connectivity index (χ0v) is 16.8. The number of nitrogens with one attached hydrogen (secondary N) is 1. The molecule has 2 aromatic rings. The van der Waals surface area contributed by atoms with Gasteiger partial charge in [-0.05, 0) is 19.8 Å². The SMILES string of the molecule is C.CCC.Cc1cnc(CSc2cnc(NC(=O)C3CCCCC3)s2)o1. The maximum absolute atomic E-state index is 12.2. The average Bonchev–Trinajstić information content (AvgIpc) is 3.23. The van der Waals surface area contributed by atoms with Gasteiger partial charge in [-0.25, -0.2) is 9.97 Å². The van der Waals surface area contributed by atoms with E-state index in [4.69, 9.17) is 4.42 Å². The van der Waals surface area contributed by atoms with Crippen LogP contribution >= 0.6 is 23.1 Å². The summed E-state index contributed by atoms with van der Waals surface area (Å²) in [6.07, 6.45) is 10.3. The van der Waals surface area contributed by atoms with Crippen molar-refractivity contribution in [3.05, 3.63) is 24.0 Å². The minimum Gasteiger partial charge on any atom is -0.445 e. The van der Waals surface area contributed by atoms with Gasteiger partial charge in [0.1, 0.15) is 5.76 Å². The van der Waals surface area contributed by atoms with Crippen LogP contribution in [0.15, 0.2) is 21.0 Å². The van der Waals surface area contributed by atoms with E-state index in [1.54, 1.807) is 24.2 Å². The summed E-state index contributed by atoms with van der Waals surface area (Å²) in [5.41, 5.74) is 0. The summed E-state index contributed by atoms with van der Waals surface area (Å²) >= 11 is 3.12. The molecule has 3 rings (SSSR count). The third-order valence-electron chi connectivity index (χ3n) is 3.70. The normalized spacial score (nSPS) is 14.1. The zero-order chi connectivity index (χ0) is 18.1. The van der Waals surface area contributed by atoms with Crippen LogP contribution in [-0.2, 0) is 10.5 Å². The van der Waals surface area contributed by atoms with Gasteiger partial charge < -0.3 is 9.73 Å². The number of rotatable bonds is 5. The van der Waals surface area contributed by atoms with E-state index in [-0.39, 0.29) is 19.3 Å². The van der Waals surface area contributed by atoms with E-state index in [0.717, 1.165) is 35.7 Å². The van der Waals surface area contributed by atoms with Gasteiger partial charge in [0.15, 0.2) is 5.13 Å². The number of aryl methyl sites for hydroxylation is 1. The Kier molecular flexibility index (Phi) is 10.6. The van der Waals surface area contributed by atoms with E-state index in [2.05, 4.69) is 29.1 Å². The fourth-order valence-electron chi connectivity index (χ4n) is 2.56. The number of carbonyl (C=O) groups excluding carboxylic acids is 1. The van der Waals surface area contributed by atoms with Crippen LogP contribution < -0.4 is 5.32 Å². The molecule has 0 aromatic carbocycles. The average molecular weight is 398 g/mol. The molecule has 5 nitrogen and oxygen atoms in total. The van der Waals surface area contributed by atoms with Crippen LogP contribution in [0.25, 0.3) is 0 Å². The molecule has 0 saturated heterocycles. The van der Waals surface area contributed by atoms with E-state index in [1.165, 1.54) is 24.2 Å². The minimum absolute atomic E-state index is 0. The van der Waals surface area contributed by atoms with Gasteiger partial charge in [0.2, 0.25) is 11.8 Å². The lowest BCUT2D eigenvalue weighted by molar-refractivity contribution is -0.120. The topological polar surface area (TPSA) is 68.0 Å². The number of hydrogen-bond acceptors (Lipinski definition) is 6. The molecule has 0 aliphatic heterocycles. The Morgan fingerprint density at radius 1 is 1.27 bits per heavy atom. The van der Waals surface area contributed by atoms with Crippen molar-refractivity contribution >= 4 is 34.1 Å². The summed E-state index contributed by atoms with van der Waals surface area (Å²) in [5, 5.41) is 3.63. The Morgan fingerprint density at radius 3 is 2.58 bits per heavy atom. The molecule has 0 atom stereocenters. The van der Waals surface area contributed by atoms with Gasteiger partial charge in [0, 0.05) is 5.92 Å². The summed E-state index contributed by atoms with van der Waals surface area (Å²) in [6, 6.07) is 0. The van der Waals surface area contributed by atoms with Crippen LogP contribution in [0.4, 0.5) is 5.13 Å². The van der Waals surface area contributed by atoms with E-state index in [0.29, 0.717) is 16.8 Å². The zero-order valence-electron chi connectivity index (χ0n) is 15.2. The summed E-state index contributed by atoms with van der Waals surface area (Å²) in [6.45, 7) is 6.13. The highest BCUT2D eigenvalue weighted by atomic mass is 32.2. The number of oxazole rings is 1. The summed E-state index contributed by atoms with van der Waals surface area (Å²) in [7, 11) is 0. The number of hydrogen-bond donors (Lipinski definition) is 1. The number of amides is 1. The minimum atomic E-state index is 0. The second-order valence-electron chi connectivity index (χ2n) is 6.17. The third kappa shape index (κ3) is 7.50. The van der Waals surface area contributed by atoms with Crippen LogP contribution in [0.5, 0.6) is 0 Å². The van der Waals surface area contributed by atoms with Crippen molar-refractivity contribution in [2.45, 2.75) is 76.7 Å². The first kappa shape index (κ1) is 22.7. The highest BCUT2D eigenvalue weighted by molar-refractivity contribution is 8.00. The standard InChI is InChI=1S/C15H19N3O2S2.C3H8.CH4/c1-10-7-16-12(20-10)9-21-13-8-17-15(22-13)18-14(19)11-5-3-2-4-6-11;1-3-2;/h7-8,11H,2-6,9H2,1H3,(H,17,18,19);3H2,1-2H3;1H4. The number of anilines is 1. The van der Waals surface area contributed by atoms with E-state index in [9.17, 15) is 4.79 Å². The highest BCUT2D eigenvalue weighted by Crippen LogP contribution is 2.31. The van der Waals surface area contributed by atoms with E-state index < -0.39 is 0 Å². The maximum Gasteiger partial charge on any atom is 0.229 e. The van der Waals surface area contributed by atoms with Crippen molar-refractivity contribution in [3.63, 3.8) is 0 Å². The quantitative estimate of drug-likeness (QED) is 0.599. The van der Waals surface area contributed by atoms with Gasteiger partial charge in [-0.3, -0.25) is 4.79 Å². The maximum atomic E-state index is 12.2. The lowest BCUT2D eigenvalue weighted by atomic mass is 9.89. The number of aromatic nitrogens is 2. The van der Waals surface area contributed by atoms with E-state index >= 15 is 0 Å². The number of nitrogens with zero attached hydrogens (tertiary/aromatic N) is 2. The van der Waals surface area contributed by atoms with Gasteiger partial charge >= 0.3 is 0 Å². The molecule has 1 amide bonds. The van der Waals surface area contributed by atoms with Gasteiger partial charge in [0.25, 0.3) is 0 Å². The molecule has 26 heavy (non-hydrogen) atoms. The predicted molar refractivity (Wildman–Crippen MR) is 111 cm³/mol. The Hall–Kier alpha value is -1.34. The van der Waals surface area contributed by atoms with Crippen molar-refractivity contribution in [3.8, 4) is 0 Å². The molecule has 0 radical (unpaired) electrons. The van der Waals surface area contributed by atoms with Crippen LogP contribution in [0.1, 0.15) is 71.5 Å². The molecule has 2 heterocycles. The van der Waals surface area contributed by atoms with Gasteiger partial charge in [0.05, 0.1) is 22.4 Å². The van der Waals surface area contributed by atoms with Crippen molar-refractivity contribution in [2.24, 2.45) is 5.92 Å². The Balaban J connectivity index is 0.000000791. The van der Waals surface area contributed by atoms with Crippen LogP contribution in [-0.4, -0.2) is 15.9 Å². The summed E-state index contributed by atoms with van der Waals surface area (Å²) < 4.78 is 6.49. The van der Waals surface area contributed by atoms with Crippen molar-refractivity contribution in [1.82, 2.24) is 9.97 Å². The lowest BCUT2D eigenvalue weighted by Gasteiger charge is -2.19. The fraction of sp³-hybridized carbons (Fsp3) is 0.632. The third-order valence-corrected chi connectivity index (χ3v) is 5.79. The second kappa shape index (κ2) is 12.1. The molecule has 0 bridgehead atoms. The largest absolute Gasteiger partial charge is 0.445 e. The number of carbonyl (C=O) groups is 1. The molecule has 1 saturated carbocycles. The monoisotopic (exact) mass is 397 g/mol. The van der Waals surface area contributed by atoms with E-state index in [1.807, 2.05) is 6.92 Å². The number of thiazole rings is 1. The van der Waals surface area contributed by atoms with Crippen LogP contribution in [0.2, 0.25) is 0 Å². The molecule has 1 aliphatic carbocycles. The highest BCUT2D eigenvalue weighted by Gasteiger charge is 2.21. The molecule has 0 spiro atoms. The van der Waals surface area contributed by atoms with Gasteiger partial charge in [-0.2, -0.15) is 0 Å². The smallest absolute Gasteiger partial charge is 0.229 e. The molecule has 1 N–H and O–H groups in total. The molecular weight excluding hydrogens is 366 g/mol. The lowest BCUT2D eigenvalue weighted by Crippen LogP contribution is -2.24. The number of thioether (sulfide) groups is 1. The molecule has 1 fully saturated rings. The molecule has 2 aromatic heterocycles. The molecule has 146 valence electrons. The Morgan fingerprint density at radius 2 is 1.96 bits per heavy atom. The second-order valence-corrected chi connectivity index (χ2v) is 8.48. The molecule has 7 heteroatoms. The molecule has 0 unspecified atom stereocenters. The summed E-state index contributed by atoms with van der Waals surface area (Å²) in [4.78, 5) is 20.6. The van der Waals surface area contributed by atoms with Crippen LogP contribution in [0.3, 0.4) is 0 Å². The first-order valence-corrected chi connectivity index (χ1v) is 10.7. The van der Waals surface area contributed by atoms with Crippen molar-refractivity contribution in [1.29, 1.82) is 0 Å². The van der Waals surface area contributed by atoms with Gasteiger partial charge in [-0.1, -0.05) is 58.3 Å². The Bertz CT molecular complexity index is 649. The fourth-order valence-corrected chi connectivity index (χ4v) is 4.29. The van der Waals surface area contributed by atoms with Gasteiger partial charge in [-0.15, -0.1) is 11.8 Å². The first-order valence-electron chi connectivity index (χ1n) is 8.93. The van der Waals surface area contributed by atoms with Crippen molar-refractivity contribution in [2.75, 3.05) is 5.32 Å². The molecule has 1 aliphatic rings. The van der Waals surface area contributed by atoms with Crippen LogP contribution in [0, 0.1) is 12.8 Å². The predicted octanol–water partition coefficient (Wildman–Crippen LogP) is 6.30. The Labute approximate surface area is 165 Å². The molecular formula is C19H31N3O2S2.